The Kier molecular flexibility index (Phi) is 1.94. The fraction of sp³-hybridized carbons (Fsp3) is 0.364. The van der Waals surface area contributed by atoms with E-state index in [2.05, 4.69) is 31.3 Å². The van der Waals surface area contributed by atoms with Gasteiger partial charge in [0.25, 0.3) is 0 Å². The molecule has 1 aromatic rings. The highest BCUT2D eigenvalue weighted by atomic mass is 15.1. The van der Waals surface area contributed by atoms with E-state index in [9.17, 15) is 0 Å². The summed E-state index contributed by atoms with van der Waals surface area (Å²) in [6, 6.07) is 8.61. The number of nitriles is 1. The maximum Gasteiger partial charge on any atom is 0.179 e. The van der Waals surface area contributed by atoms with Gasteiger partial charge >= 0.3 is 0 Å². The molecule has 0 spiro atoms. The van der Waals surface area contributed by atoms with Crippen LogP contribution in [0.3, 0.4) is 0 Å². The number of rotatable bonds is 0. The lowest BCUT2D eigenvalue weighted by Gasteiger charge is -2.30. The molecule has 0 fully saturated rings. The number of hydrogen-bond donors (Lipinski definition) is 0. The van der Waals surface area contributed by atoms with Crippen LogP contribution in [0.4, 0.5) is 0 Å². The first-order chi connectivity index (χ1) is 6.33. The molecular weight excluding hydrogens is 160 g/mol. The van der Waals surface area contributed by atoms with Crippen molar-refractivity contribution in [1.29, 1.82) is 5.26 Å². The van der Waals surface area contributed by atoms with Crippen molar-refractivity contribution in [3.8, 4) is 6.19 Å². The van der Waals surface area contributed by atoms with Gasteiger partial charge in [0, 0.05) is 6.54 Å². The summed E-state index contributed by atoms with van der Waals surface area (Å²) in [6.07, 6.45) is 3.22. The minimum absolute atomic E-state index is 0.245. The Morgan fingerprint density at radius 2 is 2.23 bits per heavy atom. The molecule has 0 amide bonds. The minimum Gasteiger partial charge on any atom is -0.303 e. The average Bonchev–Trinajstić information content (AvgIpc) is 2.19. The molecule has 0 saturated carbocycles. The van der Waals surface area contributed by atoms with Gasteiger partial charge in [-0.15, -0.1) is 0 Å². The molecule has 0 radical (unpaired) electrons. The first-order valence-corrected chi connectivity index (χ1v) is 4.57. The zero-order chi connectivity index (χ0) is 9.26. The average molecular weight is 172 g/mol. The predicted octanol–water partition coefficient (Wildman–Crippen LogP) is 2.09. The minimum atomic E-state index is 0.245. The fourth-order valence-corrected chi connectivity index (χ4v) is 1.91. The summed E-state index contributed by atoms with van der Waals surface area (Å²) in [4.78, 5) is 1.84. The van der Waals surface area contributed by atoms with Crippen molar-refractivity contribution in [1.82, 2.24) is 4.90 Å². The van der Waals surface area contributed by atoms with Crippen LogP contribution >= 0.6 is 0 Å². The number of benzene rings is 1. The summed E-state index contributed by atoms with van der Waals surface area (Å²) in [7, 11) is 0. The summed E-state index contributed by atoms with van der Waals surface area (Å²) in [6.45, 7) is 2.94. The van der Waals surface area contributed by atoms with Crippen LogP contribution in [-0.2, 0) is 6.42 Å². The Morgan fingerprint density at radius 1 is 1.46 bits per heavy atom. The van der Waals surface area contributed by atoms with Crippen molar-refractivity contribution in [2.45, 2.75) is 19.4 Å². The molecule has 1 aliphatic heterocycles. The van der Waals surface area contributed by atoms with Gasteiger partial charge in [-0.2, -0.15) is 5.26 Å². The van der Waals surface area contributed by atoms with Gasteiger partial charge in [-0.05, 0) is 24.5 Å². The van der Waals surface area contributed by atoms with Crippen LogP contribution in [0.25, 0.3) is 0 Å². The van der Waals surface area contributed by atoms with Crippen LogP contribution in [0.15, 0.2) is 24.3 Å². The summed E-state index contributed by atoms with van der Waals surface area (Å²) in [5.74, 6) is 0. The van der Waals surface area contributed by atoms with Gasteiger partial charge in [0.1, 0.15) is 0 Å². The summed E-state index contributed by atoms with van der Waals surface area (Å²) >= 11 is 0. The van der Waals surface area contributed by atoms with Crippen molar-refractivity contribution in [2.24, 2.45) is 0 Å². The van der Waals surface area contributed by atoms with E-state index in [0.717, 1.165) is 13.0 Å². The molecule has 0 saturated heterocycles. The lowest BCUT2D eigenvalue weighted by Crippen LogP contribution is -2.29. The first kappa shape index (κ1) is 8.12. The molecule has 1 unspecified atom stereocenters. The van der Waals surface area contributed by atoms with Gasteiger partial charge in [0.15, 0.2) is 6.19 Å². The van der Waals surface area contributed by atoms with E-state index in [-0.39, 0.29) is 6.04 Å². The largest absolute Gasteiger partial charge is 0.303 e. The summed E-state index contributed by atoms with van der Waals surface area (Å²) in [5, 5.41) is 8.86. The summed E-state index contributed by atoms with van der Waals surface area (Å²) in [5.41, 5.74) is 2.69. The van der Waals surface area contributed by atoms with Gasteiger partial charge in [0.05, 0.1) is 6.04 Å². The van der Waals surface area contributed by atoms with Crippen molar-refractivity contribution >= 4 is 0 Å². The Morgan fingerprint density at radius 3 is 3.00 bits per heavy atom. The quantitative estimate of drug-likeness (QED) is 0.560. The number of hydrogen-bond acceptors (Lipinski definition) is 2. The van der Waals surface area contributed by atoms with E-state index in [1.165, 1.54) is 11.1 Å². The number of nitrogens with zero attached hydrogens (tertiary/aromatic N) is 2. The van der Waals surface area contributed by atoms with Crippen LogP contribution in [-0.4, -0.2) is 11.4 Å². The van der Waals surface area contributed by atoms with Crippen molar-refractivity contribution in [2.75, 3.05) is 6.54 Å². The van der Waals surface area contributed by atoms with Crippen LogP contribution in [0.5, 0.6) is 0 Å². The van der Waals surface area contributed by atoms with E-state index in [0.29, 0.717) is 0 Å². The van der Waals surface area contributed by atoms with Gasteiger partial charge in [-0.25, -0.2) is 0 Å². The lowest BCUT2D eigenvalue weighted by atomic mass is 9.94. The SMILES string of the molecule is CC1c2ccccc2CCN1C#N. The molecule has 0 N–H and O–H groups in total. The van der Waals surface area contributed by atoms with Crippen molar-refractivity contribution < 1.29 is 0 Å². The molecule has 66 valence electrons. The maximum absolute atomic E-state index is 8.86. The molecule has 1 aromatic carbocycles. The zero-order valence-electron chi connectivity index (χ0n) is 7.70. The normalized spacial score (nSPS) is 20.6. The third kappa shape index (κ3) is 1.27. The molecule has 2 heteroatoms. The second kappa shape index (κ2) is 3.10. The van der Waals surface area contributed by atoms with E-state index in [1.54, 1.807) is 0 Å². The molecular formula is C11H12N2. The second-order valence-corrected chi connectivity index (χ2v) is 3.42. The highest BCUT2D eigenvalue weighted by molar-refractivity contribution is 5.32. The molecule has 1 aliphatic rings. The van der Waals surface area contributed by atoms with Crippen LogP contribution < -0.4 is 0 Å². The third-order valence-corrected chi connectivity index (χ3v) is 2.72. The zero-order valence-corrected chi connectivity index (χ0v) is 7.70. The number of fused-ring (bicyclic) bond motifs is 1. The van der Waals surface area contributed by atoms with Gasteiger partial charge in [-0.1, -0.05) is 24.3 Å². The lowest BCUT2D eigenvalue weighted by molar-refractivity contribution is 0.296. The second-order valence-electron chi connectivity index (χ2n) is 3.42. The van der Waals surface area contributed by atoms with Crippen LogP contribution in [0, 0.1) is 11.5 Å². The molecule has 0 aliphatic carbocycles. The molecule has 2 nitrogen and oxygen atoms in total. The highest BCUT2D eigenvalue weighted by Crippen LogP contribution is 2.27. The maximum atomic E-state index is 8.86. The topological polar surface area (TPSA) is 27.0 Å². The van der Waals surface area contributed by atoms with Crippen molar-refractivity contribution in [3.05, 3.63) is 35.4 Å². The fourth-order valence-electron chi connectivity index (χ4n) is 1.91. The monoisotopic (exact) mass is 172 g/mol. The van der Waals surface area contributed by atoms with Gasteiger partial charge in [-0.3, -0.25) is 0 Å². The van der Waals surface area contributed by atoms with Crippen LogP contribution in [0.2, 0.25) is 0 Å². The first-order valence-electron chi connectivity index (χ1n) is 4.57. The smallest absolute Gasteiger partial charge is 0.179 e. The predicted molar refractivity (Wildman–Crippen MR) is 50.9 cm³/mol. The molecule has 0 bridgehead atoms. The van der Waals surface area contributed by atoms with E-state index in [1.807, 2.05) is 11.0 Å². The summed E-state index contributed by atoms with van der Waals surface area (Å²) < 4.78 is 0. The molecule has 1 atom stereocenters. The van der Waals surface area contributed by atoms with E-state index < -0.39 is 0 Å². The van der Waals surface area contributed by atoms with Crippen LogP contribution in [0.1, 0.15) is 24.1 Å². The molecule has 13 heavy (non-hydrogen) atoms. The van der Waals surface area contributed by atoms with Gasteiger partial charge < -0.3 is 4.90 Å². The Bertz CT molecular complexity index is 351. The molecule has 1 heterocycles. The van der Waals surface area contributed by atoms with E-state index in [4.69, 9.17) is 5.26 Å². The Labute approximate surface area is 78.4 Å². The Hall–Kier alpha value is -1.49. The van der Waals surface area contributed by atoms with Gasteiger partial charge in [0.2, 0.25) is 0 Å². The molecule has 0 aromatic heterocycles. The Balaban J connectivity index is 2.40. The third-order valence-electron chi connectivity index (χ3n) is 2.72. The van der Waals surface area contributed by atoms with E-state index >= 15 is 0 Å². The van der Waals surface area contributed by atoms with Crippen molar-refractivity contribution in [3.63, 3.8) is 0 Å². The standard InChI is InChI=1S/C11H12N2/c1-9-11-5-3-2-4-10(11)6-7-13(9)8-12/h2-5,9H,6-7H2,1H3. The molecule has 2 rings (SSSR count). The highest BCUT2D eigenvalue weighted by Gasteiger charge is 2.21.